The zero-order chi connectivity index (χ0) is 18.2. The lowest BCUT2D eigenvalue weighted by atomic mass is 9.85. The molecular formula is C17H20N2O6. The van der Waals surface area contributed by atoms with Crippen LogP contribution in [0.5, 0.6) is 11.5 Å². The molecule has 8 nitrogen and oxygen atoms in total. The minimum Gasteiger partial charge on any atom is -0.497 e. The Hall–Kier alpha value is -2.77. The van der Waals surface area contributed by atoms with Crippen LogP contribution in [0.25, 0.3) is 0 Å². The number of benzene rings is 1. The summed E-state index contributed by atoms with van der Waals surface area (Å²) < 4.78 is 10.5. The molecule has 0 bridgehead atoms. The minimum atomic E-state index is -1.18. The molecule has 25 heavy (non-hydrogen) atoms. The summed E-state index contributed by atoms with van der Waals surface area (Å²) in [4.78, 5) is 35.3. The zero-order valence-corrected chi connectivity index (χ0v) is 14.0. The lowest BCUT2D eigenvalue weighted by Gasteiger charge is -2.26. The van der Waals surface area contributed by atoms with Crippen molar-refractivity contribution in [1.82, 2.24) is 10.6 Å². The number of amides is 3. The van der Waals surface area contributed by atoms with Gasteiger partial charge in [0.25, 0.3) is 5.91 Å². The first-order valence-electron chi connectivity index (χ1n) is 7.98. The molecule has 1 aliphatic heterocycles. The van der Waals surface area contributed by atoms with Gasteiger partial charge in [-0.05, 0) is 37.0 Å². The Balaban J connectivity index is 1.82. The summed E-state index contributed by atoms with van der Waals surface area (Å²) in [6.07, 6.45) is 1.14. The molecule has 1 heterocycles. The number of carboxylic acids is 1. The molecule has 1 saturated heterocycles. The number of carbonyl (C=O) groups excluding carboxylic acids is 2. The van der Waals surface area contributed by atoms with Gasteiger partial charge in [0, 0.05) is 12.0 Å². The van der Waals surface area contributed by atoms with Crippen molar-refractivity contribution >= 4 is 17.9 Å². The number of methoxy groups -OCH3 is 2. The van der Waals surface area contributed by atoms with Gasteiger partial charge in [-0.2, -0.15) is 0 Å². The predicted octanol–water partition coefficient (Wildman–Crippen LogP) is 0.935. The Morgan fingerprint density at radius 3 is 2.32 bits per heavy atom. The molecule has 1 saturated carbocycles. The van der Waals surface area contributed by atoms with E-state index in [4.69, 9.17) is 9.47 Å². The van der Waals surface area contributed by atoms with Crippen molar-refractivity contribution in [2.45, 2.75) is 24.8 Å². The average molecular weight is 348 g/mol. The second-order valence-corrected chi connectivity index (χ2v) is 6.39. The summed E-state index contributed by atoms with van der Waals surface area (Å²) >= 11 is 0. The van der Waals surface area contributed by atoms with E-state index in [1.807, 2.05) is 12.1 Å². The van der Waals surface area contributed by atoms with Crippen LogP contribution in [-0.2, 0) is 16.0 Å². The minimum absolute atomic E-state index is 0.301. The second kappa shape index (κ2) is 6.27. The molecule has 0 aromatic heterocycles. The fourth-order valence-corrected chi connectivity index (χ4v) is 3.49. The van der Waals surface area contributed by atoms with Crippen LogP contribution in [0, 0.1) is 11.8 Å². The lowest BCUT2D eigenvalue weighted by Crippen LogP contribution is -2.50. The van der Waals surface area contributed by atoms with Gasteiger partial charge in [0.1, 0.15) is 17.0 Å². The van der Waals surface area contributed by atoms with Gasteiger partial charge in [-0.3, -0.25) is 14.9 Å². The van der Waals surface area contributed by atoms with E-state index in [1.54, 1.807) is 20.3 Å². The molecule has 2 aliphatic rings. The second-order valence-electron chi connectivity index (χ2n) is 6.39. The Kier molecular flexibility index (Phi) is 4.28. The Labute approximate surface area is 144 Å². The first-order valence-corrected chi connectivity index (χ1v) is 7.98. The highest BCUT2D eigenvalue weighted by atomic mass is 16.5. The smallest absolute Gasteiger partial charge is 0.322 e. The van der Waals surface area contributed by atoms with E-state index in [2.05, 4.69) is 10.6 Å². The standard InChI is InChI=1S/C17H20N2O6/c1-24-10-5-9(6-11(7-10)25-2)3-4-17(13-8-12(13)14(20)21)15(22)18-16(23)19-17/h5-7,12-13H,3-4,8H2,1-2H3,(H,20,21)(H2,18,19,22,23). The Morgan fingerprint density at radius 1 is 1.24 bits per heavy atom. The van der Waals surface area contributed by atoms with Gasteiger partial charge in [-0.25, -0.2) is 4.79 Å². The van der Waals surface area contributed by atoms with Crippen molar-refractivity contribution in [3.05, 3.63) is 23.8 Å². The topological polar surface area (TPSA) is 114 Å². The number of imide groups is 1. The van der Waals surface area contributed by atoms with Crippen LogP contribution < -0.4 is 20.1 Å². The SMILES string of the molecule is COc1cc(CCC2(C3CC3C(=O)O)NC(=O)NC2=O)cc(OC)c1. The summed E-state index contributed by atoms with van der Waals surface area (Å²) in [6, 6.07) is 4.81. The average Bonchev–Trinajstić information content (AvgIpc) is 3.34. The van der Waals surface area contributed by atoms with Gasteiger partial charge in [-0.15, -0.1) is 0 Å². The molecule has 1 aromatic rings. The predicted molar refractivity (Wildman–Crippen MR) is 86.5 cm³/mol. The number of hydrogen-bond donors (Lipinski definition) is 3. The molecule has 3 amide bonds. The summed E-state index contributed by atoms with van der Waals surface area (Å²) in [6.45, 7) is 0. The Morgan fingerprint density at radius 2 is 1.88 bits per heavy atom. The van der Waals surface area contributed by atoms with Gasteiger partial charge >= 0.3 is 12.0 Å². The molecule has 3 N–H and O–H groups in total. The summed E-state index contributed by atoms with van der Waals surface area (Å²) in [5.74, 6) is -1.16. The molecule has 1 aliphatic carbocycles. The van der Waals surface area contributed by atoms with Crippen molar-refractivity contribution < 1.29 is 29.0 Å². The normalized spacial score (nSPS) is 27.4. The third-order valence-electron chi connectivity index (χ3n) is 4.93. The fraction of sp³-hybridized carbons (Fsp3) is 0.471. The highest BCUT2D eigenvalue weighted by molar-refractivity contribution is 6.07. The summed E-state index contributed by atoms with van der Waals surface area (Å²) in [5, 5.41) is 14.1. The highest BCUT2D eigenvalue weighted by Gasteiger charge is 2.62. The van der Waals surface area contributed by atoms with Crippen LogP contribution in [0.1, 0.15) is 18.4 Å². The van der Waals surface area contributed by atoms with E-state index < -0.39 is 35.3 Å². The third-order valence-corrected chi connectivity index (χ3v) is 4.93. The van der Waals surface area contributed by atoms with Crippen LogP contribution in [0.15, 0.2) is 18.2 Å². The van der Waals surface area contributed by atoms with Crippen LogP contribution in [-0.4, -0.2) is 42.8 Å². The quantitative estimate of drug-likeness (QED) is 0.632. The van der Waals surface area contributed by atoms with Gasteiger partial charge in [0.2, 0.25) is 0 Å². The fourth-order valence-electron chi connectivity index (χ4n) is 3.49. The van der Waals surface area contributed by atoms with E-state index in [0.29, 0.717) is 30.8 Å². The van der Waals surface area contributed by atoms with Gasteiger partial charge < -0.3 is 19.9 Å². The van der Waals surface area contributed by atoms with Crippen LogP contribution in [0.3, 0.4) is 0 Å². The van der Waals surface area contributed by atoms with E-state index in [9.17, 15) is 19.5 Å². The van der Waals surface area contributed by atoms with Crippen LogP contribution in [0.2, 0.25) is 0 Å². The molecular weight excluding hydrogens is 328 g/mol. The number of carboxylic acid groups (broad SMARTS) is 1. The molecule has 1 aromatic carbocycles. The van der Waals surface area contributed by atoms with Crippen molar-refractivity contribution in [1.29, 1.82) is 0 Å². The van der Waals surface area contributed by atoms with Gasteiger partial charge in [-0.1, -0.05) is 0 Å². The number of urea groups is 1. The molecule has 2 fully saturated rings. The van der Waals surface area contributed by atoms with E-state index in [1.165, 1.54) is 0 Å². The maximum absolute atomic E-state index is 12.4. The number of ether oxygens (including phenoxy) is 2. The molecule has 3 rings (SSSR count). The number of hydrogen-bond acceptors (Lipinski definition) is 5. The molecule has 0 radical (unpaired) electrons. The number of aryl methyl sites for hydroxylation is 1. The summed E-state index contributed by atoms with van der Waals surface area (Å²) in [5.41, 5.74) is -0.312. The van der Waals surface area contributed by atoms with Gasteiger partial charge in [0.05, 0.1) is 20.1 Å². The number of aliphatic carboxylic acids is 1. The maximum atomic E-state index is 12.4. The van der Waals surface area contributed by atoms with Crippen molar-refractivity contribution in [2.24, 2.45) is 11.8 Å². The van der Waals surface area contributed by atoms with Crippen LogP contribution in [0.4, 0.5) is 4.79 Å². The number of nitrogens with one attached hydrogen (secondary N) is 2. The molecule has 134 valence electrons. The largest absolute Gasteiger partial charge is 0.497 e. The van der Waals surface area contributed by atoms with E-state index >= 15 is 0 Å². The molecule has 8 heteroatoms. The van der Waals surface area contributed by atoms with E-state index in [0.717, 1.165) is 5.56 Å². The first-order chi connectivity index (χ1) is 11.9. The van der Waals surface area contributed by atoms with E-state index in [-0.39, 0.29) is 0 Å². The van der Waals surface area contributed by atoms with Gasteiger partial charge in [0.15, 0.2) is 0 Å². The lowest BCUT2D eigenvalue weighted by molar-refractivity contribution is -0.139. The highest BCUT2D eigenvalue weighted by Crippen LogP contribution is 2.49. The Bertz CT molecular complexity index is 712. The maximum Gasteiger partial charge on any atom is 0.322 e. The first kappa shape index (κ1) is 17.1. The van der Waals surface area contributed by atoms with Crippen molar-refractivity contribution in [2.75, 3.05) is 14.2 Å². The molecule has 3 atom stereocenters. The molecule has 3 unspecified atom stereocenters. The summed E-state index contributed by atoms with van der Waals surface area (Å²) in [7, 11) is 3.10. The van der Waals surface area contributed by atoms with Crippen molar-refractivity contribution in [3.8, 4) is 11.5 Å². The number of rotatable bonds is 7. The third kappa shape index (κ3) is 3.11. The van der Waals surface area contributed by atoms with Crippen molar-refractivity contribution in [3.63, 3.8) is 0 Å². The number of carbonyl (C=O) groups is 3. The van der Waals surface area contributed by atoms with Crippen LogP contribution >= 0.6 is 0 Å². The monoisotopic (exact) mass is 348 g/mol. The zero-order valence-electron chi connectivity index (χ0n) is 14.0. The molecule has 0 spiro atoms.